The van der Waals surface area contributed by atoms with E-state index in [4.69, 9.17) is 0 Å². The summed E-state index contributed by atoms with van der Waals surface area (Å²) in [4.78, 5) is 0.305. The SMILES string of the molecule is CCCNCC(O)CS(=O)(=O)c1ccccc1C. The predicted molar refractivity (Wildman–Crippen MR) is 72.4 cm³/mol. The van der Waals surface area contributed by atoms with Crippen LogP contribution in [0.2, 0.25) is 0 Å². The zero-order valence-electron chi connectivity index (χ0n) is 10.9. The van der Waals surface area contributed by atoms with Gasteiger partial charge in [0.25, 0.3) is 0 Å². The molecule has 2 N–H and O–H groups in total. The minimum absolute atomic E-state index is 0.242. The van der Waals surface area contributed by atoms with Crippen LogP contribution in [0, 0.1) is 6.92 Å². The lowest BCUT2D eigenvalue weighted by atomic mass is 10.2. The molecule has 0 aliphatic heterocycles. The molecule has 0 saturated carbocycles. The molecule has 5 heteroatoms. The average Bonchev–Trinajstić information content (AvgIpc) is 2.29. The van der Waals surface area contributed by atoms with Crippen molar-refractivity contribution in [1.29, 1.82) is 0 Å². The molecule has 4 nitrogen and oxygen atoms in total. The Morgan fingerprint density at radius 2 is 2.00 bits per heavy atom. The van der Waals surface area contributed by atoms with Crippen molar-refractivity contribution in [3.63, 3.8) is 0 Å². The van der Waals surface area contributed by atoms with E-state index in [9.17, 15) is 13.5 Å². The lowest BCUT2D eigenvalue weighted by Crippen LogP contribution is -2.33. The van der Waals surface area contributed by atoms with E-state index < -0.39 is 15.9 Å². The van der Waals surface area contributed by atoms with Crippen molar-refractivity contribution in [2.24, 2.45) is 0 Å². The number of hydrogen-bond acceptors (Lipinski definition) is 4. The van der Waals surface area contributed by atoms with E-state index >= 15 is 0 Å². The molecule has 1 aromatic carbocycles. The number of sulfone groups is 1. The summed E-state index contributed by atoms with van der Waals surface area (Å²) < 4.78 is 24.2. The van der Waals surface area contributed by atoms with Crippen molar-refractivity contribution >= 4 is 9.84 Å². The summed E-state index contributed by atoms with van der Waals surface area (Å²) in [5.74, 6) is -0.242. The zero-order chi connectivity index (χ0) is 13.6. The molecule has 0 aliphatic rings. The standard InChI is InChI=1S/C13H21NO3S/c1-3-8-14-9-12(15)10-18(16,17)13-7-5-4-6-11(13)2/h4-7,12,14-15H,3,8-10H2,1-2H3. The van der Waals surface area contributed by atoms with Crippen LogP contribution >= 0.6 is 0 Å². The van der Waals surface area contributed by atoms with Crippen molar-refractivity contribution in [3.05, 3.63) is 29.8 Å². The van der Waals surface area contributed by atoms with E-state index in [2.05, 4.69) is 5.32 Å². The summed E-state index contributed by atoms with van der Waals surface area (Å²) in [5.41, 5.74) is 0.714. The Morgan fingerprint density at radius 3 is 2.61 bits per heavy atom. The summed E-state index contributed by atoms with van der Waals surface area (Å²) in [5, 5.41) is 12.7. The second-order valence-corrected chi connectivity index (χ2v) is 6.41. The van der Waals surface area contributed by atoms with Crippen LogP contribution < -0.4 is 5.32 Å². The fraction of sp³-hybridized carbons (Fsp3) is 0.538. The van der Waals surface area contributed by atoms with Gasteiger partial charge < -0.3 is 10.4 Å². The van der Waals surface area contributed by atoms with Crippen LogP contribution in [-0.2, 0) is 9.84 Å². The fourth-order valence-electron chi connectivity index (χ4n) is 1.75. The van der Waals surface area contributed by atoms with Gasteiger partial charge in [-0.1, -0.05) is 25.1 Å². The van der Waals surface area contributed by atoms with Crippen molar-refractivity contribution in [1.82, 2.24) is 5.32 Å². The lowest BCUT2D eigenvalue weighted by molar-refractivity contribution is 0.194. The highest BCUT2D eigenvalue weighted by Crippen LogP contribution is 2.16. The van der Waals surface area contributed by atoms with E-state index in [1.165, 1.54) is 0 Å². The monoisotopic (exact) mass is 271 g/mol. The third kappa shape index (κ3) is 4.40. The van der Waals surface area contributed by atoms with Crippen LogP contribution in [0.15, 0.2) is 29.2 Å². The first kappa shape index (κ1) is 15.1. The summed E-state index contributed by atoms with van der Waals surface area (Å²) in [6.07, 6.45) is 0.0817. The smallest absolute Gasteiger partial charge is 0.181 e. The van der Waals surface area contributed by atoms with Gasteiger partial charge in [0.2, 0.25) is 0 Å². The molecule has 0 aromatic heterocycles. The van der Waals surface area contributed by atoms with E-state index in [0.717, 1.165) is 13.0 Å². The fourth-order valence-corrected chi connectivity index (χ4v) is 3.40. The number of aliphatic hydroxyl groups excluding tert-OH is 1. The maximum atomic E-state index is 12.1. The number of benzene rings is 1. The number of nitrogens with one attached hydrogen (secondary N) is 1. The molecule has 0 aliphatic carbocycles. The third-order valence-corrected chi connectivity index (χ3v) is 4.60. The molecule has 0 radical (unpaired) electrons. The highest BCUT2D eigenvalue weighted by Gasteiger charge is 2.20. The highest BCUT2D eigenvalue weighted by molar-refractivity contribution is 7.91. The van der Waals surface area contributed by atoms with E-state index in [1.807, 2.05) is 6.92 Å². The van der Waals surface area contributed by atoms with Crippen molar-refractivity contribution in [3.8, 4) is 0 Å². The van der Waals surface area contributed by atoms with Gasteiger partial charge in [-0.3, -0.25) is 0 Å². The minimum atomic E-state index is -3.42. The van der Waals surface area contributed by atoms with Gasteiger partial charge in [-0.05, 0) is 31.5 Å². The Kier molecular flexibility index (Phi) is 5.78. The normalized spacial score (nSPS) is 13.5. The molecule has 0 spiro atoms. The summed E-state index contributed by atoms with van der Waals surface area (Å²) in [7, 11) is -3.42. The quantitative estimate of drug-likeness (QED) is 0.730. The minimum Gasteiger partial charge on any atom is -0.391 e. The first-order valence-electron chi connectivity index (χ1n) is 6.14. The summed E-state index contributed by atoms with van der Waals surface area (Å²) >= 11 is 0. The van der Waals surface area contributed by atoms with E-state index in [-0.39, 0.29) is 5.75 Å². The van der Waals surface area contributed by atoms with E-state index in [1.54, 1.807) is 31.2 Å². The largest absolute Gasteiger partial charge is 0.391 e. The van der Waals surface area contributed by atoms with Gasteiger partial charge in [0, 0.05) is 6.54 Å². The first-order valence-corrected chi connectivity index (χ1v) is 7.79. The highest BCUT2D eigenvalue weighted by atomic mass is 32.2. The van der Waals surface area contributed by atoms with Gasteiger partial charge in [0.15, 0.2) is 9.84 Å². The molecule has 0 bridgehead atoms. The van der Waals surface area contributed by atoms with Crippen LogP contribution in [0.4, 0.5) is 0 Å². The van der Waals surface area contributed by atoms with Crippen molar-refractivity contribution in [2.75, 3.05) is 18.8 Å². The maximum absolute atomic E-state index is 12.1. The topological polar surface area (TPSA) is 66.4 Å². The summed E-state index contributed by atoms with van der Waals surface area (Å²) in [6.45, 7) is 4.86. The van der Waals surface area contributed by atoms with Gasteiger partial charge in [-0.15, -0.1) is 0 Å². The molecular formula is C13H21NO3S. The van der Waals surface area contributed by atoms with Gasteiger partial charge in [-0.2, -0.15) is 0 Å². The number of rotatable bonds is 7. The Balaban J connectivity index is 2.68. The van der Waals surface area contributed by atoms with Crippen molar-refractivity contribution in [2.45, 2.75) is 31.3 Å². The van der Waals surface area contributed by atoms with Crippen LogP contribution in [0.5, 0.6) is 0 Å². The Morgan fingerprint density at radius 1 is 1.33 bits per heavy atom. The molecule has 1 unspecified atom stereocenters. The Hall–Kier alpha value is -0.910. The molecule has 0 heterocycles. The van der Waals surface area contributed by atoms with Crippen LogP contribution in [0.3, 0.4) is 0 Å². The van der Waals surface area contributed by atoms with Crippen LogP contribution in [0.25, 0.3) is 0 Å². The Bertz CT molecular complexity index is 471. The third-order valence-electron chi connectivity index (χ3n) is 2.65. The van der Waals surface area contributed by atoms with Crippen molar-refractivity contribution < 1.29 is 13.5 Å². The molecule has 18 heavy (non-hydrogen) atoms. The second kappa shape index (κ2) is 6.87. The van der Waals surface area contributed by atoms with Gasteiger partial charge in [-0.25, -0.2) is 8.42 Å². The number of aryl methyl sites for hydroxylation is 1. The van der Waals surface area contributed by atoms with E-state index in [0.29, 0.717) is 17.0 Å². The molecule has 1 aromatic rings. The number of hydrogen-bond donors (Lipinski definition) is 2. The second-order valence-electron chi connectivity index (χ2n) is 4.40. The Labute approximate surface area is 109 Å². The summed E-state index contributed by atoms with van der Waals surface area (Å²) in [6, 6.07) is 6.83. The molecule has 1 rings (SSSR count). The average molecular weight is 271 g/mol. The molecular weight excluding hydrogens is 250 g/mol. The van der Waals surface area contributed by atoms with Gasteiger partial charge >= 0.3 is 0 Å². The van der Waals surface area contributed by atoms with Gasteiger partial charge in [0.1, 0.15) is 0 Å². The van der Waals surface area contributed by atoms with Gasteiger partial charge in [0.05, 0.1) is 16.8 Å². The zero-order valence-corrected chi connectivity index (χ0v) is 11.7. The molecule has 102 valence electrons. The molecule has 0 saturated heterocycles. The number of aliphatic hydroxyl groups is 1. The van der Waals surface area contributed by atoms with Crippen LogP contribution in [0.1, 0.15) is 18.9 Å². The lowest BCUT2D eigenvalue weighted by Gasteiger charge is -2.13. The predicted octanol–water partition coefficient (Wildman–Crippen LogP) is 1.13. The molecule has 1 atom stereocenters. The molecule has 0 fully saturated rings. The molecule has 0 amide bonds. The first-order chi connectivity index (χ1) is 8.47. The maximum Gasteiger partial charge on any atom is 0.181 e. The van der Waals surface area contributed by atoms with Crippen LogP contribution in [-0.4, -0.2) is 38.5 Å².